The van der Waals surface area contributed by atoms with Crippen molar-refractivity contribution in [3.8, 4) is 0 Å². The predicted octanol–water partition coefficient (Wildman–Crippen LogP) is 3.71. The molecular weight excluding hydrogens is 256 g/mol. The van der Waals surface area contributed by atoms with Crippen LogP contribution in [-0.4, -0.2) is 9.67 Å². The second-order valence-electron chi connectivity index (χ2n) is 3.26. The molecule has 1 unspecified atom stereocenters. The van der Waals surface area contributed by atoms with Crippen molar-refractivity contribution >= 4 is 45.7 Å². The van der Waals surface area contributed by atoms with Crippen molar-refractivity contribution < 1.29 is 5.11 Å². The van der Waals surface area contributed by atoms with Gasteiger partial charge in [-0.25, -0.2) is 0 Å². The molecule has 0 saturated carbocycles. The van der Waals surface area contributed by atoms with Gasteiger partial charge in [0, 0.05) is 18.0 Å². The van der Waals surface area contributed by atoms with Gasteiger partial charge in [-0.2, -0.15) is 0 Å². The number of aromatic nitrogens is 1. The van der Waals surface area contributed by atoms with Gasteiger partial charge in [0.15, 0.2) is 5.56 Å². The minimum Gasteiger partial charge on any atom is -0.372 e. The van der Waals surface area contributed by atoms with Gasteiger partial charge in [-0.15, -0.1) is 0 Å². The van der Waals surface area contributed by atoms with E-state index in [1.165, 1.54) is 0 Å². The lowest BCUT2D eigenvalue weighted by Gasteiger charge is -2.04. The van der Waals surface area contributed by atoms with Crippen molar-refractivity contribution in [2.75, 3.05) is 0 Å². The summed E-state index contributed by atoms with van der Waals surface area (Å²) in [5.41, 5.74) is 0.437. The first kappa shape index (κ1) is 11.1. The van der Waals surface area contributed by atoms with Gasteiger partial charge in [0.1, 0.15) is 0 Å². The number of aliphatic hydroxyl groups excluding tert-OH is 1. The molecule has 0 bridgehead atoms. The molecule has 0 aliphatic carbocycles. The van der Waals surface area contributed by atoms with Crippen LogP contribution in [0.25, 0.3) is 10.9 Å². The highest BCUT2D eigenvalue weighted by atomic mass is 35.5. The first-order valence-corrected chi connectivity index (χ1v) is 5.47. The molecule has 0 amide bonds. The van der Waals surface area contributed by atoms with Crippen LogP contribution in [0, 0.1) is 0 Å². The molecule has 1 N–H and O–H groups in total. The second kappa shape index (κ2) is 3.87. The second-order valence-corrected chi connectivity index (χ2v) is 4.46. The number of nitrogens with zero attached hydrogens (tertiary/aromatic N) is 1. The normalized spacial score (nSPS) is 13.4. The van der Waals surface area contributed by atoms with Crippen molar-refractivity contribution in [1.82, 2.24) is 4.57 Å². The van der Waals surface area contributed by atoms with E-state index < -0.39 is 5.56 Å². The topological polar surface area (TPSA) is 25.2 Å². The van der Waals surface area contributed by atoms with Crippen LogP contribution < -0.4 is 0 Å². The average Bonchev–Trinajstić information content (AvgIpc) is 2.51. The molecule has 2 nitrogen and oxygen atoms in total. The van der Waals surface area contributed by atoms with Gasteiger partial charge >= 0.3 is 0 Å². The Labute approximate surface area is 102 Å². The number of fused-ring (bicyclic) bond motifs is 1. The van der Waals surface area contributed by atoms with E-state index in [-0.39, 0.29) is 0 Å². The van der Waals surface area contributed by atoms with E-state index in [0.717, 1.165) is 10.9 Å². The summed E-state index contributed by atoms with van der Waals surface area (Å²) >= 11 is 17.6. The number of hydrogen-bond donors (Lipinski definition) is 1. The van der Waals surface area contributed by atoms with Gasteiger partial charge in [-0.3, -0.25) is 0 Å². The average molecular weight is 265 g/mol. The molecule has 0 fully saturated rings. The molecule has 2 rings (SSSR count). The molecule has 5 heteroatoms. The molecule has 1 aromatic heterocycles. The lowest BCUT2D eigenvalue weighted by molar-refractivity contribution is 0.254. The van der Waals surface area contributed by atoms with E-state index in [0.29, 0.717) is 15.7 Å². The molecule has 1 heterocycles. The highest BCUT2D eigenvalue weighted by Crippen LogP contribution is 2.34. The molecule has 0 aliphatic heterocycles. The molecule has 1 aromatic carbocycles. The van der Waals surface area contributed by atoms with Crippen molar-refractivity contribution in [2.45, 2.75) is 5.56 Å². The van der Waals surface area contributed by atoms with Crippen LogP contribution in [0.5, 0.6) is 0 Å². The van der Waals surface area contributed by atoms with Gasteiger partial charge in [0.2, 0.25) is 0 Å². The molecule has 15 heavy (non-hydrogen) atoms. The zero-order valence-corrected chi connectivity index (χ0v) is 10.1. The SMILES string of the molecule is Cn1c(C(O)Cl)cc2c(Cl)c(Cl)ccc21. The maximum Gasteiger partial charge on any atom is 0.168 e. The van der Waals surface area contributed by atoms with Gasteiger partial charge in [-0.1, -0.05) is 34.8 Å². The van der Waals surface area contributed by atoms with Gasteiger partial charge in [-0.05, 0) is 18.2 Å². The summed E-state index contributed by atoms with van der Waals surface area (Å²) in [5, 5.41) is 11.1. The molecule has 1 atom stereocenters. The van der Waals surface area contributed by atoms with Gasteiger partial charge in [0.25, 0.3) is 0 Å². The summed E-state index contributed by atoms with van der Waals surface area (Å²) in [4.78, 5) is 0. The maximum atomic E-state index is 9.33. The maximum absolute atomic E-state index is 9.33. The van der Waals surface area contributed by atoms with Crippen LogP contribution in [0.4, 0.5) is 0 Å². The zero-order chi connectivity index (χ0) is 11.2. The number of benzene rings is 1. The molecule has 0 spiro atoms. The van der Waals surface area contributed by atoms with E-state index in [1.54, 1.807) is 16.7 Å². The quantitative estimate of drug-likeness (QED) is 0.780. The van der Waals surface area contributed by atoms with Crippen molar-refractivity contribution in [1.29, 1.82) is 0 Å². The zero-order valence-electron chi connectivity index (χ0n) is 7.84. The van der Waals surface area contributed by atoms with Crippen LogP contribution in [0.2, 0.25) is 10.0 Å². The number of aliphatic hydroxyl groups is 1. The van der Waals surface area contributed by atoms with Crippen molar-refractivity contribution in [2.24, 2.45) is 7.05 Å². The fourth-order valence-corrected chi connectivity index (χ4v) is 2.19. The number of alkyl halides is 1. The predicted molar refractivity (Wildman–Crippen MR) is 63.8 cm³/mol. The summed E-state index contributed by atoms with van der Waals surface area (Å²) in [7, 11) is 1.81. The molecular formula is C10H8Cl3NO. The molecule has 80 valence electrons. The standard InChI is InChI=1S/C10H8Cl3NO/c1-14-7-3-2-6(11)9(12)5(7)4-8(14)10(13)15/h2-4,10,15H,1H3. The van der Waals surface area contributed by atoms with E-state index in [2.05, 4.69) is 0 Å². The number of halogens is 3. The Morgan fingerprint density at radius 3 is 2.60 bits per heavy atom. The summed E-state index contributed by atoms with van der Waals surface area (Å²) in [5.74, 6) is 0. The Bertz CT molecular complexity index is 519. The number of rotatable bonds is 1. The molecule has 0 aliphatic rings. The Kier molecular flexibility index (Phi) is 2.86. The minimum absolute atomic E-state index is 0.480. The molecule has 0 radical (unpaired) electrons. The number of hydrogen-bond acceptors (Lipinski definition) is 1. The van der Waals surface area contributed by atoms with E-state index in [1.807, 2.05) is 13.1 Å². The van der Waals surface area contributed by atoms with E-state index in [9.17, 15) is 5.11 Å². The Morgan fingerprint density at radius 1 is 1.33 bits per heavy atom. The third-order valence-corrected chi connectivity index (χ3v) is 3.44. The first-order valence-electron chi connectivity index (χ1n) is 4.28. The highest BCUT2D eigenvalue weighted by molar-refractivity contribution is 6.45. The van der Waals surface area contributed by atoms with E-state index in [4.69, 9.17) is 34.8 Å². The fraction of sp³-hybridized carbons (Fsp3) is 0.200. The van der Waals surface area contributed by atoms with Crippen LogP contribution in [0.15, 0.2) is 18.2 Å². The van der Waals surface area contributed by atoms with Gasteiger partial charge in [0.05, 0.1) is 15.7 Å². The monoisotopic (exact) mass is 263 g/mol. The number of aryl methyl sites for hydroxylation is 1. The third kappa shape index (κ3) is 1.72. The lowest BCUT2D eigenvalue weighted by Crippen LogP contribution is -1.97. The van der Waals surface area contributed by atoms with E-state index >= 15 is 0 Å². The first-order chi connectivity index (χ1) is 7.02. The van der Waals surface area contributed by atoms with Crippen molar-refractivity contribution in [3.63, 3.8) is 0 Å². The minimum atomic E-state index is -1.04. The fourth-order valence-electron chi connectivity index (χ4n) is 1.60. The van der Waals surface area contributed by atoms with Crippen LogP contribution in [0.1, 0.15) is 11.3 Å². The summed E-state index contributed by atoms with van der Waals surface area (Å²) < 4.78 is 1.79. The smallest absolute Gasteiger partial charge is 0.168 e. The van der Waals surface area contributed by atoms with Crippen LogP contribution in [-0.2, 0) is 7.05 Å². The largest absolute Gasteiger partial charge is 0.372 e. The highest BCUT2D eigenvalue weighted by Gasteiger charge is 2.14. The third-order valence-electron chi connectivity index (χ3n) is 2.39. The van der Waals surface area contributed by atoms with Crippen molar-refractivity contribution in [3.05, 3.63) is 33.9 Å². The summed E-state index contributed by atoms with van der Waals surface area (Å²) in [6.45, 7) is 0. The lowest BCUT2D eigenvalue weighted by atomic mass is 10.2. The van der Waals surface area contributed by atoms with Crippen LogP contribution in [0.3, 0.4) is 0 Å². The Balaban J connectivity index is 2.82. The van der Waals surface area contributed by atoms with Crippen LogP contribution >= 0.6 is 34.8 Å². The Morgan fingerprint density at radius 2 is 2.00 bits per heavy atom. The Hall–Kier alpha value is -0.410. The summed E-state index contributed by atoms with van der Waals surface area (Å²) in [6.07, 6.45) is 0. The molecule has 2 aromatic rings. The van der Waals surface area contributed by atoms with Gasteiger partial charge < -0.3 is 9.67 Å². The summed E-state index contributed by atoms with van der Waals surface area (Å²) in [6, 6.07) is 5.30. The molecule has 0 saturated heterocycles.